The molecule has 1 fully saturated rings. The summed E-state index contributed by atoms with van der Waals surface area (Å²) >= 11 is 0. The first kappa shape index (κ1) is 13.5. The minimum atomic E-state index is -1.04. The summed E-state index contributed by atoms with van der Waals surface area (Å²) in [7, 11) is 0. The standard InChI is InChI=1S/C14H18N2O3/c15-8-9-4-3-6-10(9)13(17)16-12-7-2-1-5-11(12)14(18)19/h1-2,5,7,9-10H,3-4,6,8,15H2,(H,16,17)(H,18,19). The second kappa shape index (κ2) is 5.84. The van der Waals surface area contributed by atoms with Crippen molar-refractivity contribution in [3.05, 3.63) is 29.8 Å². The normalized spacial score (nSPS) is 22.2. The summed E-state index contributed by atoms with van der Waals surface area (Å²) in [5, 5.41) is 11.8. The summed E-state index contributed by atoms with van der Waals surface area (Å²) in [6.45, 7) is 0.499. The minimum Gasteiger partial charge on any atom is -0.478 e. The molecule has 0 bridgehead atoms. The zero-order chi connectivity index (χ0) is 13.8. The van der Waals surface area contributed by atoms with Crippen LogP contribution in [0.2, 0.25) is 0 Å². The molecule has 19 heavy (non-hydrogen) atoms. The number of hydrogen-bond donors (Lipinski definition) is 3. The van der Waals surface area contributed by atoms with Crippen LogP contribution in [0.15, 0.2) is 24.3 Å². The van der Waals surface area contributed by atoms with Crippen LogP contribution in [0.4, 0.5) is 5.69 Å². The van der Waals surface area contributed by atoms with E-state index in [1.165, 1.54) is 6.07 Å². The molecular formula is C14H18N2O3. The number of hydrogen-bond acceptors (Lipinski definition) is 3. The number of benzene rings is 1. The molecule has 1 aliphatic rings. The van der Waals surface area contributed by atoms with Crippen molar-refractivity contribution in [2.75, 3.05) is 11.9 Å². The lowest BCUT2D eigenvalue weighted by molar-refractivity contribution is -0.120. The Morgan fingerprint density at radius 3 is 2.74 bits per heavy atom. The Bertz CT molecular complexity index is 487. The van der Waals surface area contributed by atoms with E-state index in [9.17, 15) is 9.59 Å². The third-order valence-electron chi connectivity index (χ3n) is 3.71. The van der Waals surface area contributed by atoms with Gasteiger partial charge in [0.15, 0.2) is 0 Å². The Hall–Kier alpha value is -1.88. The summed E-state index contributed by atoms with van der Waals surface area (Å²) in [5.74, 6) is -1.07. The van der Waals surface area contributed by atoms with Crippen LogP contribution in [0, 0.1) is 11.8 Å². The summed E-state index contributed by atoms with van der Waals surface area (Å²) in [6.07, 6.45) is 2.79. The van der Waals surface area contributed by atoms with Gasteiger partial charge in [0.25, 0.3) is 0 Å². The Morgan fingerprint density at radius 2 is 2.05 bits per heavy atom. The first-order valence-corrected chi connectivity index (χ1v) is 6.46. The Morgan fingerprint density at radius 1 is 1.32 bits per heavy atom. The molecule has 102 valence electrons. The van der Waals surface area contributed by atoms with Crippen molar-refractivity contribution in [3.63, 3.8) is 0 Å². The molecular weight excluding hydrogens is 244 g/mol. The van der Waals surface area contributed by atoms with Gasteiger partial charge < -0.3 is 16.2 Å². The van der Waals surface area contributed by atoms with E-state index >= 15 is 0 Å². The lowest BCUT2D eigenvalue weighted by Crippen LogP contribution is -2.30. The van der Waals surface area contributed by atoms with Crippen LogP contribution in [0.3, 0.4) is 0 Å². The van der Waals surface area contributed by atoms with Gasteiger partial charge in [0.1, 0.15) is 0 Å². The van der Waals surface area contributed by atoms with Gasteiger partial charge >= 0.3 is 5.97 Å². The third-order valence-corrected chi connectivity index (χ3v) is 3.71. The third kappa shape index (κ3) is 2.93. The highest BCUT2D eigenvalue weighted by molar-refractivity contribution is 6.01. The summed E-state index contributed by atoms with van der Waals surface area (Å²) in [4.78, 5) is 23.3. The van der Waals surface area contributed by atoms with E-state index in [4.69, 9.17) is 10.8 Å². The van der Waals surface area contributed by atoms with Gasteiger partial charge in [-0.2, -0.15) is 0 Å². The molecule has 0 spiro atoms. The largest absolute Gasteiger partial charge is 0.478 e. The average Bonchev–Trinajstić information content (AvgIpc) is 2.87. The maximum absolute atomic E-state index is 12.2. The van der Waals surface area contributed by atoms with Crippen molar-refractivity contribution in [1.29, 1.82) is 0 Å². The quantitative estimate of drug-likeness (QED) is 0.770. The number of carboxylic acids is 1. The molecule has 0 aromatic heterocycles. The van der Waals surface area contributed by atoms with E-state index in [1.807, 2.05) is 0 Å². The lowest BCUT2D eigenvalue weighted by atomic mass is 9.95. The fourth-order valence-corrected chi connectivity index (χ4v) is 2.67. The Balaban J connectivity index is 2.13. The van der Waals surface area contributed by atoms with Gasteiger partial charge in [-0.15, -0.1) is 0 Å². The van der Waals surface area contributed by atoms with Crippen LogP contribution in [-0.2, 0) is 4.79 Å². The molecule has 2 atom stereocenters. The molecule has 1 aromatic rings. The fourth-order valence-electron chi connectivity index (χ4n) is 2.67. The second-order valence-corrected chi connectivity index (χ2v) is 4.87. The van der Waals surface area contributed by atoms with Gasteiger partial charge in [-0.1, -0.05) is 18.6 Å². The lowest BCUT2D eigenvalue weighted by Gasteiger charge is -2.18. The predicted octanol–water partition coefficient (Wildman–Crippen LogP) is 1.70. The predicted molar refractivity (Wildman–Crippen MR) is 71.9 cm³/mol. The van der Waals surface area contributed by atoms with Crippen LogP contribution in [-0.4, -0.2) is 23.5 Å². The fraction of sp³-hybridized carbons (Fsp3) is 0.429. The zero-order valence-corrected chi connectivity index (χ0v) is 10.6. The molecule has 1 saturated carbocycles. The number of aromatic carboxylic acids is 1. The molecule has 5 nitrogen and oxygen atoms in total. The molecule has 0 heterocycles. The molecule has 0 aliphatic heterocycles. The maximum atomic E-state index is 12.2. The number of carbonyl (C=O) groups excluding carboxylic acids is 1. The summed E-state index contributed by atoms with van der Waals surface area (Å²) in [5.41, 5.74) is 6.12. The molecule has 0 radical (unpaired) electrons. The number of rotatable bonds is 4. The second-order valence-electron chi connectivity index (χ2n) is 4.87. The summed E-state index contributed by atoms with van der Waals surface area (Å²) in [6, 6.07) is 6.43. The first-order chi connectivity index (χ1) is 9.13. The highest BCUT2D eigenvalue weighted by Gasteiger charge is 2.32. The van der Waals surface area contributed by atoms with E-state index in [-0.39, 0.29) is 23.3 Å². The average molecular weight is 262 g/mol. The van der Waals surface area contributed by atoms with Crippen LogP contribution in [0.1, 0.15) is 29.6 Å². The molecule has 0 saturated heterocycles. The van der Waals surface area contributed by atoms with Crippen molar-refractivity contribution in [2.45, 2.75) is 19.3 Å². The topological polar surface area (TPSA) is 92.4 Å². The van der Waals surface area contributed by atoms with Crippen LogP contribution < -0.4 is 11.1 Å². The number of nitrogens with one attached hydrogen (secondary N) is 1. The number of para-hydroxylation sites is 1. The molecule has 1 aromatic carbocycles. The molecule has 4 N–H and O–H groups in total. The molecule has 2 unspecified atom stereocenters. The molecule has 2 rings (SSSR count). The number of anilines is 1. The first-order valence-electron chi connectivity index (χ1n) is 6.46. The van der Waals surface area contributed by atoms with Crippen molar-refractivity contribution in [3.8, 4) is 0 Å². The molecule has 1 aliphatic carbocycles. The molecule has 5 heteroatoms. The molecule has 1 amide bonds. The van der Waals surface area contributed by atoms with Crippen molar-refractivity contribution in [2.24, 2.45) is 17.6 Å². The Labute approximate surface area is 111 Å². The van der Waals surface area contributed by atoms with Crippen molar-refractivity contribution >= 4 is 17.6 Å². The van der Waals surface area contributed by atoms with Crippen LogP contribution in [0.25, 0.3) is 0 Å². The highest BCUT2D eigenvalue weighted by atomic mass is 16.4. The van der Waals surface area contributed by atoms with Crippen LogP contribution >= 0.6 is 0 Å². The monoisotopic (exact) mass is 262 g/mol. The van der Waals surface area contributed by atoms with Gasteiger partial charge in [0, 0.05) is 5.92 Å². The van der Waals surface area contributed by atoms with Gasteiger partial charge in [0.05, 0.1) is 11.3 Å². The van der Waals surface area contributed by atoms with Gasteiger partial charge in [-0.05, 0) is 37.4 Å². The Kier molecular flexibility index (Phi) is 4.16. The van der Waals surface area contributed by atoms with Gasteiger partial charge in [0.2, 0.25) is 5.91 Å². The van der Waals surface area contributed by atoms with Gasteiger partial charge in [-0.3, -0.25) is 4.79 Å². The number of nitrogens with two attached hydrogens (primary N) is 1. The highest BCUT2D eigenvalue weighted by Crippen LogP contribution is 2.32. The van der Waals surface area contributed by atoms with Crippen molar-refractivity contribution < 1.29 is 14.7 Å². The van der Waals surface area contributed by atoms with Crippen molar-refractivity contribution in [1.82, 2.24) is 0 Å². The maximum Gasteiger partial charge on any atom is 0.337 e. The van der Waals surface area contributed by atoms with Gasteiger partial charge in [-0.25, -0.2) is 4.79 Å². The van der Waals surface area contributed by atoms with E-state index < -0.39 is 5.97 Å². The van der Waals surface area contributed by atoms with E-state index in [2.05, 4.69) is 5.32 Å². The van der Waals surface area contributed by atoms with E-state index in [0.29, 0.717) is 12.2 Å². The number of carboxylic acid groups (broad SMARTS) is 1. The number of carbonyl (C=O) groups is 2. The zero-order valence-electron chi connectivity index (χ0n) is 10.6. The minimum absolute atomic E-state index is 0.105. The summed E-state index contributed by atoms with van der Waals surface area (Å²) < 4.78 is 0. The van der Waals surface area contributed by atoms with E-state index in [0.717, 1.165) is 19.3 Å². The number of amides is 1. The van der Waals surface area contributed by atoms with E-state index in [1.54, 1.807) is 18.2 Å². The SMILES string of the molecule is NCC1CCCC1C(=O)Nc1ccccc1C(=O)O. The smallest absolute Gasteiger partial charge is 0.337 e. The van der Waals surface area contributed by atoms with Crippen LogP contribution in [0.5, 0.6) is 0 Å².